The van der Waals surface area contributed by atoms with Gasteiger partial charge >= 0.3 is 0 Å². The summed E-state index contributed by atoms with van der Waals surface area (Å²) >= 11 is 0. The Kier molecular flexibility index (Phi) is 4.01. The Morgan fingerprint density at radius 2 is 1.62 bits per heavy atom. The van der Waals surface area contributed by atoms with Crippen molar-refractivity contribution < 1.29 is 4.74 Å². The van der Waals surface area contributed by atoms with Gasteiger partial charge in [-0.2, -0.15) is 4.74 Å². The molecule has 0 fully saturated rings. The minimum atomic E-state index is 0.591. The summed E-state index contributed by atoms with van der Waals surface area (Å²) < 4.78 is 0.894. The van der Waals surface area contributed by atoms with Crippen LogP contribution in [0, 0.1) is 5.21 Å². The van der Waals surface area contributed by atoms with E-state index in [0.717, 1.165) is 37.8 Å². The second-order valence-corrected chi connectivity index (χ2v) is 6.47. The molecule has 0 atom stereocenters. The number of aromatic nitrogens is 1. The SMILES string of the molecule is CN(C)c1ccc(/[N+]([O-])=C/c2cccc3cc4ccccc4nc23)cc1. The molecule has 128 valence electrons. The Balaban J connectivity index is 1.80. The predicted molar refractivity (Wildman–Crippen MR) is 108 cm³/mol. The van der Waals surface area contributed by atoms with Crippen molar-refractivity contribution in [3.8, 4) is 0 Å². The topological polar surface area (TPSA) is 42.2 Å². The van der Waals surface area contributed by atoms with Crippen LogP contribution in [0.5, 0.6) is 0 Å². The molecule has 0 spiro atoms. The smallest absolute Gasteiger partial charge is 0.216 e. The normalized spacial score (nSPS) is 11.8. The van der Waals surface area contributed by atoms with Gasteiger partial charge in [0.25, 0.3) is 0 Å². The summed E-state index contributed by atoms with van der Waals surface area (Å²) in [4.78, 5) is 6.76. The van der Waals surface area contributed by atoms with Crippen LogP contribution in [-0.2, 0) is 0 Å². The number of benzene rings is 3. The highest BCUT2D eigenvalue weighted by Crippen LogP contribution is 2.22. The molecule has 26 heavy (non-hydrogen) atoms. The third-order valence-corrected chi connectivity index (χ3v) is 4.46. The van der Waals surface area contributed by atoms with Crippen LogP contribution in [0.4, 0.5) is 11.4 Å². The molecule has 0 saturated carbocycles. The lowest BCUT2D eigenvalue weighted by molar-refractivity contribution is -0.354. The molecule has 0 N–H and O–H groups in total. The molecule has 0 saturated heterocycles. The van der Waals surface area contributed by atoms with Gasteiger partial charge < -0.3 is 10.1 Å². The molecule has 1 heterocycles. The van der Waals surface area contributed by atoms with Crippen molar-refractivity contribution >= 4 is 39.4 Å². The Labute approximate surface area is 152 Å². The molecule has 0 amide bonds. The van der Waals surface area contributed by atoms with Crippen molar-refractivity contribution in [2.75, 3.05) is 19.0 Å². The quantitative estimate of drug-likeness (QED) is 0.178. The lowest BCUT2D eigenvalue weighted by atomic mass is 10.1. The molecular weight excluding hydrogens is 322 g/mol. The zero-order valence-electron chi connectivity index (χ0n) is 14.8. The molecule has 4 heteroatoms. The molecule has 0 unspecified atom stereocenters. The Bertz CT molecular complexity index is 1120. The van der Waals surface area contributed by atoms with Crippen LogP contribution in [0.25, 0.3) is 21.8 Å². The average Bonchev–Trinajstić information content (AvgIpc) is 2.67. The van der Waals surface area contributed by atoms with E-state index >= 15 is 0 Å². The Morgan fingerprint density at radius 1 is 0.885 bits per heavy atom. The van der Waals surface area contributed by atoms with Crippen LogP contribution in [0.15, 0.2) is 72.8 Å². The maximum absolute atomic E-state index is 12.6. The highest BCUT2D eigenvalue weighted by atomic mass is 16.5. The van der Waals surface area contributed by atoms with E-state index in [0.29, 0.717) is 5.69 Å². The van der Waals surface area contributed by atoms with Crippen LogP contribution in [0.2, 0.25) is 0 Å². The number of para-hydroxylation sites is 2. The number of fused-ring (bicyclic) bond motifs is 2. The van der Waals surface area contributed by atoms with Gasteiger partial charge in [0.05, 0.1) is 16.6 Å². The molecule has 0 aliphatic heterocycles. The highest BCUT2D eigenvalue weighted by Gasteiger charge is 2.08. The molecule has 4 rings (SSSR count). The summed E-state index contributed by atoms with van der Waals surface area (Å²) in [5.74, 6) is 0. The van der Waals surface area contributed by atoms with Crippen molar-refractivity contribution in [3.05, 3.63) is 83.6 Å². The molecule has 4 nitrogen and oxygen atoms in total. The summed E-state index contributed by atoms with van der Waals surface area (Å²) in [6.07, 6.45) is 1.59. The fourth-order valence-electron chi connectivity index (χ4n) is 3.03. The predicted octanol–water partition coefficient (Wildman–Crippen LogP) is 4.71. The van der Waals surface area contributed by atoms with Crippen LogP contribution in [-0.4, -0.2) is 30.0 Å². The lowest BCUT2D eigenvalue weighted by Gasteiger charge is -2.12. The number of hydrogen-bond donors (Lipinski definition) is 0. The van der Waals surface area contributed by atoms with Gasteiger partial charge in [0.2, 0.25) is 5.69 Å². The van der Waals surface area contributed by atoms with E-state index < -0.39 is 0 Å². The van der Waals surface area contributed by atoms with E-state index in [-0.39, 0.29) is 0 Å². The van der Waals surface area contributed by atoms with Crippen LogP contribution < -0.4 is 4.90 Å². The number of hydrogen-bond acceptors (Lipinski definition) is 3. The molecule has 4 aromatic rings. The third-order valence-electron chi connectivity index (χ3n) is 4.46. The molecule has 0 aliphatic rings. The Hall–Kier alpha value is -3.40. The summed E-state index contributed by atoms with van der Waals surface area (Å²) in [5, 5.41) is 14.7. The first-order valence-electron chi connectivity index (χ1n) is 8.49. The van der Waals surface area contributed by atoms with E-state index in [9.17, 15) is 5.21 Å². The van der Waals surface area contributed by atoms with E-state index in [1.54, 1.807) is 6.21 Å². The summed E-state index contributed by atoms with van der Waals surface area (Å²) in [7, 11) is 3.95. The van der Waals surface area contributed by atoms with E-state index in [2.05, 4.69) is 6.07 Å². The largest absolute Gasteiger partial charge is 0.618 e. The monoisotopic (exact) mass is 341 g/mol. The van der Waals surface area contributed by atoms with Crippen molar-refractivity contribution in [3.63, 3.8) is 0 Å². The third kappa shape index (κ3) is 2.97. The Morgan fingerprint density at radius 3 is 2.38 bits per heavy atom. The molecule has 0 radical (unpaired) electrons. The van der Waals surface area contributed by atoms with Crippen molar-refractivity contribution in [2.45, 2.75) is 0 Å². The van der Waals surface area contributed by atoms with Gasteiger partial charge in [-0.3, -0.25) is 0 Å². The van der Waals surface area contributed by atoms with Crippen LogP contribution in [0.3, 0.4) is 0 Å². The van der Waals surface area contributed by atoms with Gasteiger partial charge in [-0.25, -0.2) is 4.98 Å². The first-order valence-corrected chi connectivity index (χ1v) is 8.49. The molecule has 1 aromatic heterocycles. The number of anilines is 1. The van der Waals surface area contributed by atoms with Crippen LogP contribution >= 0.6 is 0 Å². The van der Waals surface area contributed by atoms with Crippen molar-refractivity contribution in [1.82, 2.24) is 4.98 Å². The van der Waals surface area contributed by atoms with Crippen molar-refractivity contribution in [2.24, 2.45) is 0 Å². The van der Waals surface area contributed by atoms with E-state index in [1.165, 1.54) is 0 Å². The van der Waals surface area contributed by atoms with Gasteiger partial charge in [-0.1, -0.05) is 30.3 Å². The molecule has 0 aliphatic carbocycles. The minimum Gasteiger partial charge on any atom is -0.618 e. The zero-order chi connectivity index (χ0) is 18.1. The fraction of sp³-hybridized carbons (Fsp3) is 0.0909. The fourth-order valence-corrected chi connectivity index (χ4v) is 3.03. The second-order valence-electron chi connectivity index (χ2n) is 6.47. The molecule has 0 bridgehead atoms. The van der Waals surface area contributed by atoms with Gasteiger partial charge in [0.15, 0.2) is 6.21 Å². The average molecular weight is 341 g/mol. The minimum absolute atomic E-state index is 0.591. The lowest BCUT2D eigenvalue weighted by Crippen LogP contribution is -2.08. The number of pyridine rings is 1. The zero-order valence-corrected chi connectivity index (χ0v) is 14.8. The molecule has 3 aromatic carbocycles. The van der Waals surface area contributed by atoms with E-state index in [4.69, 9.17) is 4.98 Å². The summed E-state index contributed by atoms with van der Waals surface area (Å²) in [6.45, 7) is 0. The first kappa shape index (κ1) is 16.1. The van der Waals surface area contributed by atoms with E-state index in [1.807, 2.05) is 85.7 Å². The number of nitrogens with zero attached hydrogens (tertiary/aromatic N) is 3. The summed E-state index contributed by atoms with van der Waals surface area (Å²) in [5.41, 5.74) is 4.21. The number of rotatable bonds is 3. The first-order chi connectivity index (χ1) is 12.6. The highest BCUT2D eigenvalue weighted by molar-refractivity contribution is 6.01. The van der Waals surface area contributed by atoms with Crippen molar-refractivity contribution in [1.29, 1.82) is 0 Å². The van der Waals surface area contributed by atoms with Gasteiger partial charge in [0, 0.05) is 42.7 Å². The standard InChI is InChI=1S/C22H19N3O/c1-24(2)19-10-12-20(13-11-19)25(26)15-18-8-5-7-17-14-16-6-3-4-9-21(16)23-22(17)18/h3-15H,1-2H3/b25-15-. The summed E-state index contributed by atoms with van der Waals surface area (Å²) in [6, 6.07) is 23.5. The van der Waals surface area contributed by atoms with Crippen LogP contribution in [0.1, 0.15) is 5.56 Å². The maximum atomic E-state index is 12.6. The van der Waals surface area contributed by atoms with Gasteiger partial charge in [-0.15, -0.1) is 0 Å². The maximum Gasteiger partial charge on any atom is 0.216 e. The van der Waals surface area contributed by atoms with Gasteiger partial charge in [-0.05, 0) is 30.3 Å². The second kappa shape index (κ2) is 6.48. The molecular formula is C22H19N3O. The van der Waals surface area contributed by atoms with Gasteiger partial charge in [0.1, 0.15) is 0 Å².